The van der Waals surface area contributed by atoms with E-state index in [1.54, 1.807) is 6.92 Å². The van der Waals surface area contributed by atoms with Crippen LogP contribution < -0.4 is 10.1 Å². The number of carboxylic acid groups (broad SMARTS) is 1. The van der Waals surface area contributed by atoms with Gasteiger partial charge in [0.2, 0.25) is 0 Å². The molecule has 0 aliphatic heterocycles. The summed E-state index contributed by atoms with van der Waals surface area (Å²) >= 11 is 0. The maximum Gasteiger partial charge on any atom is 0.333 e. The third-order valence-electron chi connectivity index (χ3n) is 6.22. The highest BCUT2D eigenvalue weighted by Gasteiger charge is 2.18. The van der Waals surface area contributed by atoms with Crippen LogP contribution in [0.25, 0.3) is 0 Å². The number of hydrogen-bond donors (Lipinski definition) is 2. The lowest BCUT2D eigenvalue weighted by atomic mass is 10.1. The maximum absolute atomic E-state index is 12.9. The number of nitrogens with zero attached hydrogens (tertiary/aromatic N) is 1. The van der Waals surface area contributed by atoms with Crippen LogP contribution in [-0.4, -0.2) is 61.0 Å². The molecule has 2 aromatic carbocycles. The summed E-state index contributed by atoms with van der Waals surface area (Å²) in [7, 11) is 0. The number of hydrogen-bond acceptors (Lipinski definition) is 4. The Labute approximate surface area is 222 Å². The van der Waals surface area contributed by atoms with Crippen LogP contribution >= 0.6 is 0 Å². The smallest absolute Gasteiger partial charge is 0.333 e. The van der Waals surface area contributed by atoms with E-state index < -0.39 is 12.1 Å². The molecule has 0 fully saturated rings. The quantitative estimate of drug-likeness (QED) is 0.235. The number of unbranched alkanes of at least 4 members (excludes halogenated alkanes) is 5. The van der Waals surface area contributed by atoms with Crippen LogP contribution in [0.5, 0.6) is 5.75 Å². The van der Waals surface area contributed by atoms with Crippen molar-refractivity contribution in [3.63, 3.8) is 0 Å². The fourth-order valence-corrected chi connectivity index (χ4v) is 4.10. The molecular formula is C30H44N2O5. The van der Waals surface area contributed by atoms with Crippen molar-refractivity contribution in [1.82, 2.24) is 10.2 Å². The highest BCUT2D eigenvalue weighted by Crippen LogP contribution is 2.15. The third kappa shape index (κ3) is 12.6. The number of carbonyl (C=O) groups is 2. The number of carbonyl (C=O) groups excluding carboxylic acids is 1. The summed E-state index contributed by atoms with van der Waals surface area (Å²) in [6.07, 6.45) is 7.28. The van der Waals surface area contributed by atoms with E-state index in [0.29, 0.717) is 45.0 Å². The van der Waals surface area contributed by atoms with Crippen LogP contribution in [0.4, 0.5) is 4.79 Å². The number of ether oxygens (including phenoxy) is 2. The van der Waals surface area contributed by atoms with Gasteiger partial charge in [0, 0.05) is 26.1 Å². The van der Waals surface area contributed by atoms with Crippen molar-refractivity contribution in [2.75, 3.05) is 32.8 Å². The van der Waals surface area contributed by atoms with E-state index in [1.807, 2.05) is 47.4 Å². The molecule has 1 atom stereocenters. The Morgan fingerprint density at radius 3 is 2.27 bits per heavy atom. The van der Waals surface area contributed by atoms with E-state index in [9.17, 15) is 14.7 Å². The van der Waals surface area contributed by atoms with E-state index >= 15 is 0 Å². The number of nitrogens with one attached hydrogen (secondary N) is 1. The molecule has 204 valence electrons. The van der Waals surface area contributed by atoms with Crippen LogP contribution in [0.2, 0.25) is 0 Å². The van der Waals surface area contributed by atoms with Crippen LogP contribution in [-0.2, 0) is 22.4 Å². The molecule has 0 spiro atoms. The van der Waals surface area contributed by atoms with Gasteiger partial charge in [-0.2, -0.15) is 0 Å². The van der Waals surface area contributed by atoms with Crippen molar-refractivity contribution in [1.29, 1.82) is 0 Å². The van der Waals surface area contributed by atoms with Gasteiger partial charge < -0.3 is 24.8 Å². The first kappa shape index (κ1) is 30.2. The molecule has 7 heteroatoms. The number of urea groups is 1. The summed E-state index contributed by atoms with van der Waals surface area (Å²) in [5, 5.41) is 12.3. The zero-order valence-corrected chi connectivity index (χ0v) is 22.5. The second-order valence-corrected chi connectivity index (χ2v) is 9.20. The van der Waals surface area contributed by atoms with Gasteiger partial charge in [-0.05, 0) is 43.0 Å². The predicted octanol–water partition coefficient (Wildman–Crippen LogP) is 5.71. The Kier molecular flexibility index (Phi) is 14.9. The van der Waals surface area contributed by atoms with E-state index in [4.69, 9.17) is 9.47 Å². The zero-order chi connectivity index (χ0) is 26.7. The summed E-state index contributed by atoms with van der Waals surface area (Å²) in [5.41, 5.74) is 2.07. The lowest BCUT2D eigenvalue weighted by molar-refractivity contribution is -0.149. The Bertz CT molecular complexity index is 889. The largest absolute Gasteiger partial charge is 0.492 e. The molecule has 0 bridgehead atoms. The van der Waals surface area contributed by atoms with Gasteiger partial charge >= 0.3 is 12.0 Å². The minimum atomic E-state index is -0.963. The Hall–Kier alpha value is -3.06. The van der Waals surface area contributed by atoms with Gasteiger partial charge in [-0.1, -0.05) is 81.5 Å². The molecule has 1 unspecified atom stereocenters. The molecule has 2 N–H and O–H groups in total. The van der Waals surface area contributed by atoms with Crippen molar-refractivity contribution in [2.45, 2.75) is 71.3 Å². The van der Waals surface area contributed by atoms with E-state index in [2.05, 4.69) is 24.4 Å². The molecule has 2 rings (SSSR count). The molecule has 0 saturated heterocycles. The topological polar surface area (TPSA) is 88.1 Å². The minimum Gasteiger partial charge on any atom is -0.492 e. The highest BCUT2D eigenvalue weighted by atomic mass is 16.5. The minimum absolute atomic E-state index is 0.0564. The van der Waals surface area contributed by atoms with Crippen LogP contribution in [0, 0.1) is 0 Å². The average molecular weight is 513 g/mol. The van der Waals surface area contributed by atoms with Gasteiger partial charge in [0.1, 0.15) is 12.4 Å². The fraction of sp³-hybridized carbons (Fsp3) is 0.533. The van der Waals surface area contributed by atoms with Gasteiger partial charge in [-0.3, -0.25) is 0 Å². The second-order valence-electron chi connectivity index (χ2n) is 9.20. The van der Waals surface area contributed by atoms with Gasteiger partial charge in [-0.25, -0.2) is 9.59 Å². The standard InChI is InChI=1S/C30H44N2O5/c1-3-5-6-7-8-12-21-32(30(35)31-20-19-25-13-10-9-11-14-25)22-23-37-27-17-15-26(16-18-27)24-28(29(33)34)36-4-2/h9-11,13-18,28H,3-8,12,19-24H2,1-2H3,(H,31,35)(H,33,34). The summed E-state index contributed by atoms with van der Waals surface area (Å²) in [4.78, 5) is 26.1. The number of rotatable bonds is 19. The maximum atomic E-state index is 12.9. The van der Waals surface area contributed by atoms with Gasteiger partial charge in [0.15, 0.2) is 6.10 Å². The zero-order valence-electron chi connectivity index (χ0n) is 22.5. The molecule has 0 saturated carbocycles. The normalized spacial score (nSPS) is 11.6. The average Bonchev–Trinajstić information content (AvgIpc) is 2.90. The summed E-state index contributed by atoms with van der Waals surface area (Å²) in [6.45, 7) is 6.54. The van der Waals surface area contributed by atoms with Crippen molar-refractivity contribution in [3.05, 3.63) is 65.7 Å². The molecule has 0 heterocycles. The summed E-state index contributed by atoms with van der Waals surface area (Å²) < 4.78 is 11.2. The summed E-state index contributed by atoms with van der Waals surface area (Å²) in [5.74, 6) is -0.272. The fourth-order valence-electron chi connectivity index (χ4n) is 4.10. The van der Waals surface area contributed by atoms with Crippen LogP contribution in [0.15, 0.2) is 54.6 Å². The predicted molar refractivity (Wildman–Crippen MR) is 147 cm³/mol. The molecule has 7 nitrogen and oxygen atoms in total. The van der Waals surface area contributed by atoms with Crippen molar-refractivity contribution < 1.29 is 24.2 Å². The molecule has 0 aliphatic carbocycles. The summed E-state index contributed by atoms with van der Waals surface area (Å²) in [6, 6.07) is 17.5. The second kappa shape index (κ2) is 18.2. The first-order valence-electron chi connectivity index (χ1n) is 13.7. The molecule has 0 radical (unpaired) electrons. The Balaban J connectivity index is 1.82. The number of benzene rings is 2. The molecule has 2 amide bonds. The van der Waals surface area contributed by atoms with Crippen LogP contribution in [0.1, 0.15) is 63.5 Å². The molecule has 0 aliphatic rings. The molecule has 0 aromatic heterocycles. The lowest BCUT2D eigenvalue weighted by Crippen LogP contribution is -2.43. The molecular weight excluding hydrogens is 468 g/mol. The molecule has 37 heavy (non-hydrogen) atoms. The number of amides is 2. The lowest BCUT2D eigenvalue weighted by Gasteiger charge is -2.23. The van der Waals surface area contributed by atoms with E-state index in [1.165, 1.54) is 31.2 Å². The Morgan fingerprint density at radius 2 is 1.59 bits per heavy atom. The molecule has 2 aromatic rings. The SMILES string of the molecule is CCCCCCCCN(CCOc1ccc(CC(OCC)C(=O)O)cc1)C(=O)NCCc1ccccc1. The Morgan fingerprint density at radius 1 is 0.892 bits per heavy atom. The first-order chi connectivity index (χ1) is 18.0. The van der Waals surface area contributed by atoms with Gasteiger partial charge in [0.05, 0.1) is 6.54 Å². The monoisotopic (exact) mass is 512 g/mol. The number of aliphatic carboxylic acids is 1. The van der Waals surface area contributed by atoms with Crippen molar-refractivity contribution >= 4 is 12.0 Å². The number of carboxylic acids is 1. The first-order valence-corrected chi connectivity index (χ1v) is 13.7. The van der Waals surface area contributed by atoms with E-state index in [-0.39, 0.29) is 6.03 Å². The third-order valence-corrected chi connectivity index (χ3v) is 6.22. The highest BCUT2D eigenvalue weighted by molar-refractivity contribution is 5.74. The van der Waals surface area contributed by atoms with Gasteiger partial charge in [0.25, 0.3) is 0 Å². The van der Waals surface area contributed by atoms with E-state index in [0.717, 1.165) is 24.8 Å². The van der Waals surface area contributed by atoms with Gasteiger partial charge in [-0.15, -0.1) is 0 Å². The van der Waals surface area contributed by atoms with Crippen molar-refractivity contribution in [2.24, 2.45) is 0 Å². The van der Waals surface area contributed by atoms with Crippen molar-refractivity contribution in [3.8, 4) is 5.75 Å². The van der Waals surface area contributed by atoms with Crippen LogP contribution in [0.3, 0.4) is 0 Å².